The quantitative estimate of drug-likeness (QED) is 0.450. The molecule has 172 valence electrons. The summed E-state index contributed by atoms with van der Waals surface area (Å²) < 4.78 is 29.7. The zero-order valence-corrected chi connectivity index (χ0v) is 18.1. The highest BCUT2D eigenvalue weighted by Crippen LogP contribution is 2.36. The first-order valence-electron chi connectivity index (χ1n) is 10.9. The molecule has 0 saturated heterocycles. The molecule has 7 nitrogen and oxygen atoms in total. The third-order valence-corrected chi connectivity index (χ3v) is 5.77. The summed E-state index contributed by atoms with van der Waals surface area (Å²) in [5.41, 5.74) is 1.77. The van der Waals surface area contributed by atoms with Gasteiger partial charge >= 0.3 is 0 Å². The Morgan fingerprint density at radius 1 is 1.00 bits per heavy atom. The van der Waals surface area contributed by atoms with Gasteiger partial charge in [-0.05, 0) is 55.3 Å². The lowest BCUT2D eigenvalue weighted by Crippen LogP contribution is -2.44. The number of amides is 2. The monoisotopic (exact) mass is 461 g/mol. The van der Waals surface area contributed by atoms with E-state index in [-0.39, 0.29) is 24.1 Å². The van der Waals surface area contributed by atoms with Gasteiger partial charge in [-0.3, -0.25) is 9.59 Å². The van der Waals surface area contributed by atoms with Crippen molar-refractivity contribution >= 4 is 28.5 Å². The second kappa shape index (κ2) is 9.01. The third-order valence-electron chi connectivity index (χ3n) is 5.77. The zero-order chi connectivity index (χ0) is 23.7. The molecule has 1 fully saturated rings. The van der Waals surface area contributed by atoms with E-state index in [1.165, 1.54) is 52.0 Å². The molecule has 0 radical (unpaired) electrons. The first-order valence-corrected chi connectivity index (χ1v) is 10.9. The maximum absolute atomic E-state index is 14.9. The highest BCUT2D eigenvalue weighted by atomic mass is 19.1. The minimum Gasteiger partial charge on any atom is -0.324 e. The van der Waals surface area contributed by atoms with Crippen LogP contribution >= 0.6 is 0 Å². The number of fused-ring (bicyclic) bond motifs is 1. The molecular weight excluding hydrogens is 440 g/mol. The Kier molecular flexibility index (Phi) is 5.75. The van der Waals surface area contributed by atoms with Crippen molar-refractivity contribution in [1.29, 1.82) is 0 Å². The fourth-order valence-electron chi connectivity index (χ4n) is 4.01. The molecule has 0 aliphatic heterocycles. The Hall–Kier alpha value is -4.14. The molecule has 4 aromatic rings. The summed E-state index contributed by atoms with van der Waals surface area (Å²) in [5, 5.41) is 10.9. The lowest BCUT2D eigenvalue weighted by molar-refractivity contribution is -0.140. The topological polar surface area (TPSA) is 80.1 Å². The number of rotatable bonds is 7. The number of carbonyl (C=O) groups excluding carboxylic acids is 2. The van der Waals surface area contributed by atoms with Crippen molar-refractivity contribution in [3.05, 3.63) is 90.0 Å². The van der Waals surface area contributed by atoms with Crippen LogP contribution in [0.2, 0.25) is 0 Å². The van der Waals surface area contributed by atoms with Gasteiger partial charge in [-0.1, -0.05) is 35.5 Å². The molecule has 1 aliphatic rings. The first-order chi connectivity index (χ1) is 16.5. The van der Waals surface area contributed by atoms with Gasteiger partial charge in [0.25, 0.3) is 5.91 Å². The normalized spacial score (nSPS) is 14.1. The van der Waals surface area contributed by atoms with E-state index >= 15 is 0 Å². The lowest BCUT2D eigenvalue weighted by Gasteiger charge is -2.31. The van der Waals surface area contributed by atoms with Gasteiger partial charge in [0.2, 0.25) is 5.91 Å². The van der Waals surface area contributed by atoms with Gasteiger partial charge < -0.3 is 10.2 Å². The molecule has 1 heterocycles. The van der Waals surface area contributed by atoms with Crippen LogP contribution in [0.25, 0.3) is 11.0 Å². The van der Waals surface area contributed by atoms with Crippen molar-refractivity contribution < 1.29 is 18.4 Å². The minimum absolute atomic E-state index is 0.0887. The average Bonchev–Trinajstić information content (AvgIpc) is 3.60. The van der Waals surface area contributed by atoms with Crippen LogP contribution in [0.3, 0.4) is 0 Å². The van der Waals surface area contributed by atoms with E-state index in [2.05, 4.69) is 15.6 Å². The van der Waals surface area contributed by atoms with Gasteiger partial charge in [0.15, 0.2) is 0 Å². The highest BCUT2D eigenvalue weighted by molar-refractivity contribution is 5.98. The van der Waals surface area contributed by atoms with Gasteiger partial charge in [-0.25, -0.2) is 13.5 Å². The predicted octanol–water partition coefficient (Wildman–Crippen LogP) is 4.08. The molecule has 0 spiro atoms. The smallest absolute Gasteiger partial charge is 0.251 e. The fourth-order valence-corrected chi connectivity index (χ4v) is 4.01. The second-order valence-corrected chi connectivity index (χ2v) is 8.19. The van der Waals surface area contributed by atoms with Crippen molar-refractivity contribution in [3.8, 4) is 0 Å². The Bertz CT molecular complexity index is 1350. The number of para-hydroxylation sites is 1. The number of halogens is 2. The molecule has 34 heavy (non-hydrogen) atoms. The number of hydrogen-bond acceptors (Lipinski definition) is 4. The maximum Gasteiger partial charge on any atom is 0.251 e. The Labute approximate surface area is 194 Å². The zero-order valence-electron chi connectivity index (χ0n) is 18.1. The minimum atomic E-state index is -1.21. The Morgan fingerprint density at radius 3 is 2.44 bits per heavy atom. The maximum atomic E-state index is 14.9. The molecule has 1 N–H and O–H groups in total. The summed E-state index contributed by atoms with van der Waals surface area (Å²) in [4.78, 5) is 28.4. The van der Waals surface area contributed by atoms with Crippen LogP contribution in [0, 0.1) is 11.6 Å². The van der Waals surface area contributed by atoms with Crippen LogP contribution in [0.4, 0.5) is 14.5 Å². The van der Waals surface area contributed by atoms with Crippen LogP contribution in [0.15, 0.2) is 72.8 Å². The Morgan fingerprint density at radius 2 is 1.71 bits per heavy atom. The van der Waals surface area contributed by atoms with Gasteiger partial charge in [0, 0.05) is 17.3 Å². The average molecular weight is 461 g/mol. The van der Waals surface area contributed by atoms with Crippen molar-refractivity contribution in [2.24, 2.45) is 0 Å². The van der Waals surface area contributed by atoms with E-state index in [9.17, 15) is 18.4 Å². The van der Waals surface area contributed by atoms with Crippen molar-refractivity contribution in [1.82, 2.24) is 19.9 Å². The summed E-state index contributed by atoms with van der Waals surface area (Å²) in [6.45, 7) is -0.147. The predicted molar refractivity (Wildman–Crippen MR) is 122 cm³/mol. The second-order valence-electron chi connectivity index (χ2n) is 8.19. The molecule has 0 bridgehead atoms. The van der Waals surface area contributed by atoms with E-state index in [0.717, 1.165) is 0 Å². The molecule has 1 saturated carbocycles. The van der Waals surface area contributed by atoms with Crippen LogP contribution in [0.5, 0.6) is 0 Å². The molecule has 2 amide bonds. The van der Waals surface area contributed by atoms with Crippen LogP contribution in [-0.4, -0.2) is 37.7 Å². The molecule has 9 heteroatoms. The van der Waals surface area contributed by atoms with Crippen LogP contribution in [0.1, 0.15) is 24.4 Å². The summed E-state index contributed by atoms with van der Waals surface area (Å²) >= 11 is 0. The fraction of sp³-hybridized carbons (Fsp3) is 0.200. The number of nitrogens with zero attached hydrogens (tertiary/aromatic N) is 4. The molecule has 1 atom stereocenters. The SMILES string of the molecule is O=C(Nc1ccc(F)cc1)C(c1ccccc1F)N(C(=O)Cn1nnc2ccccc21)C1CC1. The van der Waals surface area contributed by atoms with Gasteiger partial charge in [0.1, 0.15) is 29.7 Å². The molecule has 1 unspecified atom stereocenters. The van der Waals surface area contributed by atoms with E-state index in [0.29, 0.717) is 29.6 Å². The lowest BCUT2D eigenvalue weighted by atomic mass is 10.0. The summed E-state index contributed by atoms with van der Waals surface area (Å²) in [6, 6.07) is 17.0. The van der Waals surface area contributed by atoms with Crippen molar-refractivity contribution in [2.45, 2.75) is 31.5 Å². The van der Waals surface area contributed by atoms with E-state index < -0.39 is 23.6 Å². The highest BCUT2D eigenvalue weighted by Gasteiger charge is 2.42. The standard InChI is InChI=1S/C25H21F2N5O2/c26-16-9-11-17(12-10-16)28-25(34)24(19-5-1-2-6-20(19)27)32(18-13-14-18)23(33)15-31-22-8-4-3-7-21(22)29-30-31/h1-12,18,24H,13-15H2,(H,28,34). The van der Waals surface area contributed by atoms with E-state index in [1.54, 1.807) is 18.2 Å². The number of hydrogen-bond donors (Lipinski definition) is 1. The van der Waals surface area contributed by atoms with Crippen molar-refractivity contribution in [2.75, 3.05) is 5.32 Å². The molecule has 5 rings (SSSR count). The number of nitrogens with one attached hydrogen (secondary N) is 1. The van der Waals surface area contributed by atoms with E-state index in [1.807, 2.05) is 12.1 Å². The largest absolute Gasteiger partial charge is 0.324 e. The Balaban J connectivity index is 1.49. The third kappa shape index (κ3) is 4.36. The molecule has 3 aromatic carbocycles. The van der Waals surface area contributed by atoms with E-state index in [4.69, 9.17) is 0 Å². The summed E-state index contributed by atoms with van der Waals surface area (Å²) in [7, 11) is 0. The van der Waals surface area contributed by atoms with Crippen LogP contribution < -0.4 is 5.32 Å². The van der Waals surface area contributed by atoms with Gasteiger partial charge in [0.05, 0.1) is 5.52 Å². The summed E-state index contributed by atoms with van der Waals surface area (Å²) in [5.74, 6) is -1.99. The number of anilines is 1. The molecule has 1 aromatic heterocycles. The number of benzene rings is 3. The van der Waals surface area contributed by atoms with Gasteiger partial charge in [-0.15, -0.1) is 5.10 Å². The first kappa shape index (κ1) is 21.7. The molecular formula is C25H21F2N5O2. The number of aromatic nitrogens is 3. The van der Waals surface area contributed by atoms with Crippen LogP contribution in [-0.2, 0) is 16.1 Å². The van der Waals surface area contributed by atoms with Gasteiger partial charge in [-0.2, -0.15) is 0 Å². The summed E-state index contributed by atoms with van der Waals surface area (Å²) in [6.07, 6.45) is 1.41. The molecule has 1 aliphatic carbocycles. The van der Waals surface area contributed by atoms with Crippen molar-refractivity contribution in [3.63, 3.8) is 0 Å². The number of carbonyl (C=O) groups is 2.